The van der Waals surface area contributed by atoms with Crippen LogP contribution in [0.2, 0.25) is 0 Å². The smallest absolute Gasteiger partial charge is 0.374 e. The van der Waals surface area contributed by atoms with Crippen molar-refractivity contribution < 1.29 is 9.90 Å². The average molecular weight is 260 g/mol. The molecule has 0 spiro atoms. The SMILES string of the molecule is CNCCCNc1nc(C(=O)O)nc2ccccc12. The molecule has 0 saturated carbocycles. The Labute approximate surface area is 110 Å². The van der Waals surface area contributed by atoms with E-state index < -0.39 is 5.97 Å². The van der Waals surface area contributed by atoms with Crippen LogP contribution in [-0.2, 0) is 0 Å². The molecule has 6 heteroatoms. The van der Waals surface area contributed by atoms with Crippen LogP contribution in [0.3, 0.4) is 0 Å². The van der Waals surface area contributed by atoms with Gasteiger partial charge in [-0.1, -0.05) is 12.1 Å². The highest BCUT2D eigenvalue weighted by Gasteiger charge is 2.11. The van der Waals surface area contributed by atoms with Gasteiger partial charge < -0.3 is 15.7 Å². The molecule has 1 heterocycles. The minimum atomic E-state index is -1.12. The Kier molecular flexibility index (Phi) is 4.25. The summed E-state index contributed by atoms with van der Waals surface area (Å²) >= 11 is 0. The van der Waals surface area contributed by atoms with Gasteiger partial charge in [0, 0.05) is 11.9 Å². The minimum absolute atomic E-state index is 0.185. The first-order valence-corrected chi connectivity index (χ1v) is 6.11. The van der Waals surface area contributed by atoms with E-state index in [1.165, 1.54) is 0 Å². The Balaban J connectivity index is 2.31. The maximum absolute atomic E-state index is 11.0. The standard InChI is InChI=1S/C13H16N4O2/c1-14-7-4-8-15-11-9-5-2-3-6-10(9)16-12(17-11)13(18)19/h2-3,5-6,14H,4,7-8H2,1H3,(H,18,19)(H,15,16,17). The molecule has 0 atom stereocenters. The molecule has 1 aromatic carbocycles. The van der Waals surface area contributed by atoms with Gasteiger partial charge in [-0.25, -0.2) is 14.8 Å². The molecule has 0 aliphatic heterocycles. The van der Waals surface area contributed by atoms with Crippen LogP contribution in [-0.4, -0.2) is 41.2 Å². The summed E-state index contributed by atoms with van der Waals surface area (Å²) in [5.74, 6) is -0.738. The third-order valence-corrected chi connectivity index (χ3v) is 2.69. The number of nitrogens with one attached hydrogen (secondary N) is 2. The van der Waals surface area contributed by atoms with Gasteiger partial charge in [-0.2, -0.15) is 0 Å². The van der Waals surface area contributed by atoms with Crippen LogP contribution >= 0.6 is 0 Å². The van der Waals surface area contributed by atoms with Crippen LogP contribution in [0.1, 0.15) is 17.0 Å². The topological polar surface area (TPSA) is 87.1 Å². The molecule has 2 aromatic rings. The first-order valence-electron chi connectivity index (χ1n) is 6.11. The number of para-hydroxylation sites is 1. The van der Waals surface area contributed by atoms with E-state index in [1.54, 1.807) is 6.07 Å². The summed E-state index contributed by atoms with van der Waals surface area (Å²) in [5.41, 5.74) is 0.631. The van der Waals surface area contributed by atoms with E-state index in [1.807, 2.05) is 25.2 Å². The lowest BCUT2D eigenvalue weighted by Crippen LogP contribution is -2.14. The summed E-state index contributed by atoms with van der Waals surface area (Å²) in [6.07, 6.45) is 0.928. The largest absolute Gasteiger partial charge is 0.475 e. The molecule has 0 aliphatic carbocycles. The summed E-state index contributed by atoms with van der Waals surface area (Å²) in [5, 5.41) is 16.1. The maximum atomic E-state index is 11.0. The Morgan fingerprint density at radius 3 is 2.79 bits per heavy atom. The number of aromatic carboxylic acids is 1. The van der Waals surface area contributed by atoms with Crippen molar-refractivity contribution in [1.29, 1.82) is 0 Å². The van der Waals surface area contributed by atoms with Crippen molar-refractivity contribution in [3.05, 3.63) is 30.1 Å². The van der Waals surface area contributed by atoms with Crippen molar-refractivity contribution in [2.24, 2.45) is 0 Å². The summed E-state index contributed by atoms with van der Waals surface area (Å²) in [6.45, 7) is 1.61. The van der Waals surface area contributed by atoms with Crippen LogP contribution in [0.25, 0.3) is 10.9 Å². The molecule has 1 aromatic heterocycles. The quantitative estimate of drug-likeness (QED) is 0.680. The first kappa shape index (κ1) is 13.2. The van der Waals surface area contributed by atoms with Crippen LogP contribution in [0.4, 0.5) is 5.82 Å². The van der Waals surface area contributed by atoms with Gasteiger partial charge in [-0.15, -0.1) is 0 Å². The molecule has 2 rings (SSSR count). The summed E-state index contributed by atoms with van der Waals surface area (Å²) in [4.78, 5) is 19.1. The molecule has 0 fully saturated rings. The van der Waals surface area contributed by atoms with Gasteiger partial charge in [0.05, 0.1) is 5.52 Å². The molecule has 0 bridgehead atoms. The van der Waals surface area contributed by atoms with Crippen LogP contribution < -0.4 is 10.6 Å². The molecule has 0 amide bonds. The Morgan fingerprint density at radius 1 is 1.26 bits per heavy atom. The van der Waals surface area contributed by atoms with Gasteiger partial charge in [0.25, 0.3) is 0 Å². The Bertz CT molecular complexity index is 586. The normalized spacial score (nSPS) is 10.6. The molecule has 0 saturated heterocycles. The number of fused-ring (bicyclic) bond motifs is 1. The fourth-order valence-corrected chi connectivity index (χ4v) is 1.78. The zero-order valence-electron chi connectivity index (χ0n) is 10.7. The zero-order valence-corrected chi connectivity index (χ0v) is 10.7. The molecular formula is C13H16N4O2. The third kappa shape index (κ3) is 3.17. The van der Waals surface area contributed by atoms with Crippen molar-refractivity contribution in [1.82, 2.24) is 15.3 Å². The van der Waals surface area contributed by atoms with Crippen molar-refractivity contribution >= 4 is 22.7 Å². The maximum Gasteiger partial charge on any atom is 0.374 e. The highest BCUT2D eigenvalue weighted by molar-refractivity contribution is 5.93. The molecule has 0 aliphatic rings. The van der Waals surface area contributed by atoms with Crippen molar-refractivity contribution in [3.8, 4) is 0 Å². The van der Waals surface area contributed by atoms with Crippen molar-refractivity contribution in [3.63, 3.8) is 0 Å². The molecule has 100 valence electrons. The Hall–Kier alpha value is -2.21. The predicted molar refractivity (Wildman–Crippen MR) is 73.5 cm³/mol. The lowest BCUT2D eigenvalue weighted by molar-refractivity contribution is 0.0684. The molecule has 3 N–H and O–H groups in total. The number of hydrogen-bond acceptors (Lipinski definition) is 5. The number of anilines is 1. The molecule has 6 nitrogen and oxygen atoms in total. The number of aromatic nitrogens is 2. The summed E-state index contributed by atoms with van der Waals surface area (Å²) < 4.78 is 0. The van der Waals surface area contributed by atoms with E-state index in [4.69, 9.17) is 5.11 Å². The third-order valence-electron chi connectivity index (χ3n) is 2.69. The number of carboxylic acids is 1. The van der Waals surface area contributed by atoms with Crippen LogP contribution in [0.5, 0.6) is 0 Å². The zero-order chi connectivity index (χ0) is 13.7. The van der Waals surface area contributed by atoms with Gasteiger partial charge in [-0.3, -0.25) is 0 Å². The summed E-state index contributed by atoms with van der Waals surface area (Å²) in [6, 6.07) is 7.36. The number of hydrogen-bond donors (Lipinski definition) is 3. The lowest BCUT2D eigenvalue weighted by atomic mass is 10.2. The van der Waals surface area contributed by atoms with Gasteiger partial charge in [0.1, 0.15) is 5.82 Å². The van der Waals surface area contributed by atoms with E-state index >= 15 is 0 Å². The number of nitrogens with zero attached hydrogens (tertiary/aromatic N) is 2. The van der Waals surface area contributed by atoms with E-state index in [9.17, 15) is 4.79 Å². The fourth-order valence-electron chi connectivity index (χ4n) is 1.78. The molecule has 0 unspecified atom stereocenters. The average Bonchev–Trinajstić information content (AvgIpc) is 2.43. The number of rotatable bonds is 6. The Morgan fingerprint density at radius 2 is 2.05 bits per heavy atom. The second-order valence-electron chi connectivity index (χ2n) is 4.10. The molecular weight excluding hydrogens is 244 g/mol. The number of benzene rings is 1. The van der Waals surface area contributed by atoms with Gasteiger partial charge in [-0.05, 0) is 32.1 Å². The lowest BCUT2D eigenvalue weighted by Gasteiger charge is -2.09. The van der Waals surface area contributed by atoms with Crippen molar-refractivity contribution in [2.45, 2.75) is 6.42 Å². The first-order chi connectivity index (χ1) is 9.22. The number of carbonyl (C=O) groups is 1. The van der Waals surface area contributed by atoms with Crippen LogP contribution in [0.15, 0.2) is 24.3 Å². The number of carboxylic acid groups (broad SMARTS) is 1. The second-order valence-corrected chi connectivity index (χ2v) is 4.10. The van der Waals surface area contributed by atoms with E-state index in [0.717, 1.165) is 24.9 Å². The van der Waals surface area contributed by atoms with E-state index in [2.05, 4.69) is 20.6 Å². The highest BCUT2D eigenvalue weighted by atomic mass is 16.4. The van der Waals surface area contributed by atoms with Gasteiger partial charge >= 0.3 is 5.97 Å². The fraction of sp³-hybridized carbons (Fsp3) is 0.308. The molecule has 19 heavy (non-hydrogen) atoms. The van der Waals surface area contributed by atoms with Gasteiger partial charge in [0.15, 0.2) is 0 Å². The molecule has 0 radical (unpaired) electrons. The van der Waals surface area contributed by atoms with Gasteiger partial charge in [0.2, 0.25) is 5.82 Å². The highest BCUT2D eigenvalue weighted by Crippen LogP contribution is 2.19. The monoisotopic (exact) mass is 260 g/mol. The van der Waals surface area contributed by atoms with Crippen LogP contribution in [0, 0.1) is 0 Å². The minimum Gasteiger partial charge on any atom is -0.475 e. The second kappa shape index (κ2) is 6.10. The predicted octanol–water partition coefficient (Wildman–Crippen LogP) is 1.35. The van der Waals surface area contributed by atoms with E-state index in [-0.39, 0.29) is 5.82 Å². The van der Waals surface area contributed by atoms with Crippen molar-refractivity contribution in [2.75, 3.05) is 25.5 Å². The van der Waals surface area contributed by atoms with E-state index in [0.29, 0.717) is 11.3 Å². The summed E-state index contributed by atoms with van der Waals surface area (Å²) in [7, 11) is 1.89.